The van der Waals surface area contributed by atoms with Crippen LogP contribution in [-0.2, 0) is 9.53 Å². The Morgan fingerprint density at radius 3 is 2.59 bits per heavy atom. The fourth-order valence-electron chi connectivity index (χ4n) is 4.56. The number of amides is 1. The number of hydrogen-bond acceptors (Lipinski definition) is 6. The molecule has 0 aromatic heterocycles. The van der Waals surface area contributed by atoms with E-state index in [4.69, 9.17) is 9.73 Å². The second kappa shape index (κ2) is 13.6. The Balaban J connectivity index is 1.60. The van der Waals surface area contributed by atoms with E-state index < -0.39 is 0 Å². The van der Waals surface area contributed by atoms with Crippen molar-refractivity contribution in [1.82, 2.24) is 15.1 Å². The lowest BCUT2D eigenvalue weighted by Gasteiger charge is -2.35. The van der Waals surface area contributed by atoms with Crippen molar-refractivity contribution in [2.24, 2.45) is 10.9 Å². The summed E-state index contributed by atoms with van der Waals surface area (Å²) >= 11 is 0. The van der Waals surface area contributed by atoms with Gasteiger partial charge in [-0.2, -0.15) is 0 Å². The average Bonchev–Trinajstić information content (AvgIpc) is 2.85. The summed E-state index contributed by atoms with van der Waals surface area (Å²) in [6, 6.07) is 8.37. The number of aliphatic imine (C=N–C) groups is 1. The van der Waals surface area contributed by atoms with Gasteiger partial charge in [-0.1, -0.05) is 49.6 Å². The summed E-state index contributed by atoms with van der Waals surface area (Å²) in [5, 5.41) is 12.4. The van der Waals surface area contributed by atoms with Gasteiger partial charge in [-0.05, 0) is 51.3 Å². The van der Waals surface area contributed by atoms with E-state index >= 15 is 0 Å². The number of nitrogens with one attached hydrogen (secondary N) is 1. The highest BCUT2D eigenvalue weighted by molar-refractivity contribution is 5.93. The number of aryl methyl sites for hydroxylation is 1. The Hall–Kier alpha value is -2.22. The van der Waals surface area contributed by atoms with E-state index in [9.17, 15) is 9.90 Å². The van der Waals surface area contributed by atoms with E-state index in [1.165, 1.54) is 5.56 Å². The summed E-state index contributed by atoms with van der Waals surface area (Å²) in [6.07, 6.45) is 7.87. The lowest BCUT2D eigenvalue weighted by molar-refractivity contribution is -0.123. The zero-order valence-corrected chi connectivity index (χ0v) is 21.1. The summed E-state index contributed by atoms with van der Waals surface area (Å²) in [7, 11) is 1.68. The van der Waals surface area contributed by atoms with Crippen molar-refractivity contribution in [1.29, 1.82) is 0 Å². The van der Waals surface area contributed by atoms with Crippen molar-refractivity contribution >= 4 is 17.4 Å². The molecule has 0 bridgehead atoms. The predicted molar refractivity (Wildman–Crippen MR) is 137 cm³/mol. The van der Waals surface area contributed by atoms with Crippen molar-refractivity contribution in [2.45, 2.75) is 58.6 Å². The molecule has 7 heteroatoms. The Morgan fingerprint density at radius 2 is 1.94 bits per heavy atom. The Labute approximate surface area is 204 Å². The summed E-state index contributed by atoms with van der Waals surface area (Å²) in [5.41, 5.74) is 3.18. The predicted octanol–water partition coefficient (Wildman–Crippen LogP) is 3.42. The minimum atomic E-state index is -0.325. The summed E-state index contributed by atoms with van der Waals surface area (Å²) in [6.45, 7) is 8.22. The number of benzene rings is 1. The molecule has 1 fully saturated rings. The van der Waals surface area contributed by atoms with Crippen molar-refractivity contribution < 1.29 is 14.6 Å². The molecule has 1 saturated heterocycles. The molecule has 1 aromatic rings. The fourth-order valence-corrected chi connectivity index (χ4v) is 4.56. The third-order valence-corrected chi connectivity index (χ3v) is 6.81. The van der Waals surface area contributed by atoms with Crippen LogP contribution in [0.1, 0.15) is 56.6 Å². The van der Waals surface area contributed by atoms with E-state index in [0.29, 0.717) is 12.5 Å². The molecule has 1 atom stereocenters. The number of carbonyl (C=O) groups excluding carboxylic acids is 1. The first-order valence-electron chi connectivity index (χ1n) is 12.8. The molecule has 2 heterocycles. The first kappa shape index (κ1) is 26.4. The normalized spacial score (nSPS) is 19.6. The van der Waals surface area contributed by atoms with Crippen LogP contribution < -0.4 is 5.32 Å². The lowest BCUT2D eigenvalue weighted by atomic mass is 9.98. The van der Waals surface area contributed by atoms with Crippen molar-refractivity contribution in [3.63, 3.8) is 0 Å². The maximum Gasteiger partial charge on any atom is 0.239 e. The highest BCUT2D eigenvalue weighted by Gasteiger charge is 2.27. The van der Waals surface area contributed by atoms with Gasteiger partial charge >= 0.3 is 0 Å². The number of likely N-dealkylation sites (tertiary alicyclic amines) is 1. The summed E-state index contributed by atoms with van der Waals surface area (Å²) in [4.78, 5) is 22.2. The molecule has 34 heavy (non-hydrogen) atoms. The highest BCUT2D eigenvalue weighted by Crippen LogP contribution is 2.26. The molecule has 0 saturated carbocycles. The number of methoxy groups -OCH3 is 1. The summed E-state index contributed by atoms with van der Waals surface area (Å²) < 4.78 is 5.80. The Kier molecular flexibility index (Phi) is 10.6. The molecule has 0 aliphatic carbocycles. The first-order chi connectivity index (χ1) is 16.5. The number of piperidine rings is 1. The molecule has 1 unspecified atom stereocenters. The molecule has 3 rings (SSSR count). The van der Waals surface area contributed by atoms with Crippen molar-refractivity contribution in [2.75, 3.05) is 46.4 Å². The number of ether oxygens (including phenoxy) is 1. The number of aliphatic hydroxyl groups excluding tert-OH is 1. The second-order valence-corrected chi connectivity index (χ2v) is 9.47. The Bertz CT molecular complexity index is 829. The smallest absolute Gasteiger partial charge is 0.239 e. The zero-order valence-electron chi connectivity index (χ0n) is 21.1. The number of unbranched alkanes of at least 4 members (excludes halogenated alkanes) is 2. The van der Waals surface area contributed by atoms with Crippen LogP contribution in [0.3, 0.4) is 0 Å². The van der Waals surface area contributed by atoms with Crippen LogP contribution in [0.4, 0.5) is 0 Å². The van der Waals surface area contributed by atoms with E-state index in [-0.39, 0.29) is 25.3 Å². The average molecular weight is 471 g/mol. The van der Waals surface area contributed by atoms with Crippen LogP contribution in [0.25, 0.3) is 5.70 Å². The first-order valence-corrected chi connectivity index (χ1v) is 12.8. The Morgan fingerprint density at radius 1 is 1.21 bits per heavy atom. The number of aliphatic hydroxyl groups is 1. The molecule has 188 valence electrons. The van der Waals surface area contributed by atoms with Crippen molar-refractivity contribution in [3.8, 4) is 0 Å². The maximum atomic E-state index is 12.8. The zero-order chi connectivity index (χ0) is 24.3. The molecule has 7 nitrogen and oxygen atoms in total. The second-order valence-electron chi connectivity index (χ2n) is 9.47. The molecule has 2 aliphatic rings. The van der Waals surface area contributed by atoms with Gasteiger partial charge in [0.25, 0.3) is 0 Å². The highest BCUT2D eigenvalue weighted by atomic mass is 16.5. The number of amidine groups is 1. The lowest BCUT2D eigenvalue weighted by Crippen LogP contribution is -2.49. The maximum absolute atomic E-state index is 12.8. The van der Waals surface area contributed by atoms with Gasteiger partial charge in [-0.3, -0.25) is 4.79 Å². The van der Waals surface area contributed by atoms with Gasteiger partial charge in [0.1, 0.15) is 12.4 Å². The molecule has 2 aliphatic heterocycles. The fraction of sp³-hybridized carbons (Fsp3) is 0.630. The van der Waals surface area contributed by atoms with Gasteiger partial charge < -0.3 is 25.0 Å². The van der Waals surface area contributed by atoms with Gasteiger partial charge in [0, 0.05) is 38.8 Å². The van der Waals surface area contributed by atoms with Crippen LogP contribution in [0.2, 0.25) is 0 Å². The number of carbonyl (C=O) groups is 1. The number of rotatable bonds is 12. The van der Waals surface area contributed by atoms with E-state index in [1.807, 2.05) is 11.0 Å². The molecular formula is C27H42N4O3. The minimum absolute atomic E-state index is 0.0114. The summed E-state index contributed by atoms with van der Waals surface area (Å²) in [5.74, 6) is 1.33. The van der Waals surface area contributed by atoms with Crippen LogP contribution in [-0.4, -0.2) is 79.3 Å². The van der Waals surface area contributed by atoms with E-state index in [1.54, 1.807) is 7.11 Å². The third-order valence-electron chi connectivity index (χ3n) is 6.81. The third kappa shape index (κ3) is 7.65. The topological polar surface area (TPSA) is 77.4 Å². The standard InChI is InChI=1S/C27H42N4O3/c1-4-5-6-7-25-29-24(23-10-8-21(2)9-11-23)18-27(34-3)31(25)19-26(33)28-14-17-30-15-12-22(20-32)13-16-30/h8-11,18,22,27,32H,4-7,12-17,19-20H2,1-3H3,(H,28,33). The van der Waals surface area contributed by atoms with Gasteiger partial charge in [0.15, 0.2) is 6.23 Å². The van der Waals surface area contributed by atoms with Crippen LogP contribution in [0.5, 0.6) is 0 Å². The van der Waals surface area contributed by atoms with Crippen molar-refractivity contribution in [3.05, 3.63) is 41.5 Å². The molecule has 0 radical (unpaired) electrons. The molecule has 1 aromatic carbocycles. The van der Waals surface area contributed by atoms with E-state index in [0.717, 1.165) is 75.3 Å². The SMILES string of the molecule is CCCCCC1=NC(c2ccc(C)cc2)=CC(OC)N1CC(=O)NCCN1CCC(CO)CC1. The largest absolute Gasteiger partial charge is 0.396 e. The van der Waals surface area contributed by atoms with Gasteiger partial charge in [-0.15, -0.1) is 0 Å². The monoisotopic (exact) mass is 470 g/mol. The van der Waals surface area contributed by atoms with Gasteiger partial charge in [0.05, 0.1) is 5.70 Å². The number of nitrogens with zero attached hydrogens (tertiary/aromatic N) is 3. The van der Waals surface area contributed by atoms with E-state index in [2.05, 4.69) is 48.3 Å². The quantitative estimate of drug-likeness (QED) is 0.458. The van der Waals surface area contributed by atoms with Crippen LogP contribution in [0, 0.1) is 12.8 Å². The molecule has 0 spiro atoms. The molecule has 1 amide bonds. The van der Waals surface area contributed by atoms with Gasteiger partial charge in [-0.25, -0.2) is 4.99 Å². The minimum Gasteiger partial charge on any atom is -0.396 e. The van der Waals surface area contributed by atoms with Crippen LogP contribution in [0.15, 0.2) is 35.3 Å². The molecular weight excluding hydrogens is 428 g/mol. The van der Waals surface area contributed by atoms with Gasteiger partial charge in [0.2, 0.25) is 5.91 Å². The number of hydrogen-bond donors (Lipinski definition) is 2. The molecule has 2 N–H and O–H groups in total. The van der Waals surface area contributed by atoms with Crippen LogP contribution >= 0.6 is 0 Å².